The molecule has 0 bridgehead atoms. The second kappa shape index (κ2) is 14.8. The summed E-state index contributed by atoms with van der Waals surface area (Å²) >= 11 is 0. The van der Waals surface area contributed by atoms with E-state index < -0.39 is 23.3 Å². The van der Waals surface area contributed by atoms with Crippen LogP contribution in [-0.2, 0) is 16.9 Å². The fourth-order valence-corrected chi connectivity index (χ4v) is 7.43. The van der Waals surface area contributed by atoms with E-state index >= 15 is 0 Å². The first-order valence-corrected chi connectivity index (χ1v) is 17.5. The van der Waals surface area contributed by atoms with Gasteiger partial charge in [0.1, 0.15) is 35.6 Å². The summed E-state index contributed by atoms with van der Waals surface area (Å²) in [5, 5.41) is 15.8. The number of benzene rings is 3. The monoisotopic (exact) mass is 702 g/mol. The van der Waals surface area contributed by atoms with E-state index in [9.17, 15) is 18.7 Å². The minimum absolute atomic E-state index is 0.00881. The maximum absolute atomic E-state index is 15.0. The Labute approximate surface area is 296 Å². The molecular weight excluding hydrogens is 658 g/mol. The lowest BCUT2D eigenvalue weighted by Crippen LogP contribution is -2.48. The van der Waals surface area contributed by atoms with Gasteiger partial charge in [0.15, 0.2) is 0 Å². The van der Waals surface area contributed by atoms with Gasteiger partial charge in [-0.15, -0.1) is 0 Å². The molecule has 3 aliphatic heterocycles. The van der Waals surface area contributed by atoms with Gasteiger partial charge < -0.3 is 24.4 Å². The van der Waals surface area contributed by atoms with Gasteiger partial charge in [0.25, 0.3) is 0 Å². The van der Waals surface area contributed by atoms with Gasteiger partial charge in [-0.2, -0.15) is 5.10 Å². The third-order valence-corrected chi connectivity index (χ3v) is 10.2. The number of hydrogen-bond donors (Lipinski definition) is 2. The Balaban J connectivity index is 0.905. The predicted molar refractivity (Wildman–Crippen MR) is 188 cm³/mol. The van der Waals surface area contributed by atoms with Crippen molar-refractivity contribution in [3.63, 3.8) is 0 Å². The molecule has 270 valence electrons. The largest absolute Gasteiger partial charge is 0.493 e. The summed E-state index contributed by atoms with van der Waals surface area (Å²) in [6.45, 7) is 8.46. The lowest BCUT2D eigenvalue weighted by Gasteiger charge is -2.37. The molecular formula is C37H44F2N8O4. The number of aliphatic hydroxyl groups is 1. The maximum Gasteiger partial charge on any atom is 0.340 e. The van der Waals surface area contributed by atoms with Crippen molar-refractivity contribution in [3.05, 3.63) is 96.6 Å². The zero-order valence-corrected chi connectivity index (χ0v) is 28.9. The van der Waals surface area contributed by atoms with E-state index in [1.807, 2.05) is 31.2 Å². The van der Waals surface area contributed by atoms with E-state index in [2.05, 4.69) is 49.6 Å². The normalized spacial score (nSPS) is 22.1. The highest BCUT2D eigenvalue weighted by molar-refractivity contribution is 5.93. The zero-order chi connectivity index (χ0) is 35.5. The molecule has 3 fully saturated rings. The Hall–Kier alpha value is -4.79. The Morgan fingerprint density at radius 1 is 1.00 bits per heavy atom. The van der Waals surface area contributed by atoms with Crippen LogP contribution in [0.2, 0.25) is 0 Å². The Morgan fingerprint density at radius 3 is 2.27 bits per heavy atom. The minimum atomic E-state index is -1.02. The van der Waals surface area contributed by atoms with Crippen LogP contribution in [0.3, 0.4) is 0 Å². The van der Waals surface area contributed by atoms with Crippen molar-refractivity contribution in [2.75, 3.05) is 60.8 Å². The molecule has 12 nitrogen and oxygen atoms in total. The van der Waals surface area contributed by atoms with Crippen molar-refractivity contribution in [1.29, 1.82) is 0 Å². The van der Waals surface area contributed by atoms with Gasteiger partial charge in [0.05, 0.1) is 38.6 Å². The van der Waals surface area contributed by atoms with Crippen LogP contribution in [0.25, 0.3) is 0 Å². The van der Waals surface area contributed by atoms with Gasteiger partial charge in [0, 0.05) is 60.8 Å². The van der Waals surface area contributed by atoms with Crippen LogP contribution in [-0.4, -0.2) is 89.1 Å². The van der Waals surface area contributed by atoms with E-state index in [0.29, 0.717) is 38.3 Å². The fraction of sp³-hybridized carbons (Fsp3) is 0.432. The molecule has 2 amide bonds. The third kappa shape index (κ3) is 7.34. The summed E-state index contributed by atoms with van der Waals surface area (Å²) in [5.41, 5.74) is 5.44. The van der Waals surface area contributed by atoms with E-state index in [1.165, 1.54) is 23.5 Å². The van der Waals surface area contributed by atoms with Crippen LogP contribution in [0, 0.1) is 17.6 Å². The van der Waals surface area contributed by atoms with Crippen molar-refractivity contribution in [1.82, 2.24) is 25.2 Å². The van der Waals surface area contributed by atoms with Crippen molar-refractivity contribution in [2.45, 2.75) is 51.0 Å². The summed E-state index contributed by atoms with van der Waals surface area (Å²) in [6.07, 6.45) is 3.49. The number of piperazine rings is 1. The number of amides is 2. The number of nitrogens with zero attached hydrogens (tertiary/aromatic N) is 7. The lowest BCUT2D eigenvalue weighted by molar-refractivity contribution is -0.0206. The highest BCUT2D eigenvalue weighted by atomic mass is 19.1. The topological polar surface area (TPSA) is 111 Å². The third-order valence-electron chi connectivity index (χ3n) is 10.2. The number of urea groups is 1. The zero-order valence-electron chi connectivity index (χ0n) is 28.9. The highest BCUT2D eigenvalue weighted by Gasteiger charge is 2.45. The number of carbonyl (C=O) groups is 1. The van der Waals surface area contributed by atoms with Crippen molar-refractivity contribution < 1.29 is 28.2 Å². The second-order valence-corrected chi connectivity index (χ2v) is 13.5. The molecule has 4 atom stereocenters. The van der Waals surface area contributed by atoms with Crippen LogP contribution in [0.15, 0.2) is 79.4 Å². The average molecular weight is 703 g/mol. The Kier molecular flexibility index (Phi) is 10.1. The number of hydrazine groups is 1. The molecule has 7 rings (SSSR count). The number of carbonyl (C=O) groups excluding carboxylic acids is 1. The van der Waals surface area contributed by atoms with Gasteiger partial charge in [-0.1, -0.05) is 13.0 Å². The Bertz CT molecular complexity index is 1770. The molecule has 4 heterocycles. The SMILES string of the molecule is CC[C@@H]([C@H](C)O)N1NCN(c2ccc(N3CCN(c4ccc(OC[C@@H]5CO[C@@](Cn6cncn6)(c6ccc(F)cc6F)C5)cc4)CC3)cc2)C1=O. The van der Waals surface area contributed by atoms with E-state index in [0.717, 1.165) is 55.1 Å². The number of hydrogen-bond acceptors (Lipinski definition) is 9. The van der Waals surface area contributed by atoms with Crippen molar-refractivity contribution in [2.24, 2.45) is 5.92 Å². The number of aromatic nitrogens is 3. The molecule has 0 saturated carbocycles. The van der Waals surface area contributed by atoms with Crippen molar-refractivity contribution >= 4 is 23.1 Å². The van der Waals surface area contributed by atoms with Gasteiger partial charge in [-0.25, -0.2) is 28.7 Å². The number of ether oxygens (including phenoxy) is 2. The summed E-state index contributed by atoms with van der Waals surface area (Å²) in [5.74, 6) is -0.551. The molecule has 3 aromatic carbocycles. The molecule has 0 aliphatic carbocycles. The van der Waals surface area contributed by atoms with Gasteiger partial charge in [-0.05, 0) is 74.4 Å². The second-order valence-electron chi connectivity index (χ2n) is 13.5. The lowest BCUT2D eigenvalue weighted by atomic mass is 9.87. The highest BCUT2D eigenvalue weighted by Crippen LogP contribution is 2.42. The molecule has 1 aromatic heterocycles. The Morgan fingerprint density at radius 2 is 1.67 bits per heavy atom. The molecule has 3 aliphatic rings. The van der Waals surface area contributed by atoms with Crippen LogP contribution < -0.4 is 24.9 Å². The maximum atomic E-state index is 15.0. The predicted octanol–water partition coefficient (Wildman–Crippen LogP) is 4.76. The standard InChI is InChI=1S/C37H44F2N8O4/c1-3-35(26(2)48)47-36(49)46(25-42-47)31-7-5-29(6-8-31)43-14-16-44(17-15-43)30-9-11-32(12-10-30)50-20-27-19-37(51-21-27,22-45-24-40-23-41-45)33-13-4-28(38)18-34(33)39/h4-13,18,23-24,26-27,35,42,48H,3,14-17,19-22,25H2,1-2H3/t26-,27+,35-,37-/m0/s1. The number of halogens is 2. The van der Waals surface area contributed by atoms with Crippen molar-refractivity contribution in [3.8, 4) is 5.75 Å². The molecule has 51 heavy (non-hydrogen) atoms. The van der Waals surface area contributed by atoms with Crippen LogP contribution in [0.5, 0.6) is 5.75 Å². The summed E-state index contributed by atoms with van der Waals surface area (Å²) in [7, 11) is 0. The summed E-state index contributed by atoms with van der Waals surface area (Å²) in [4.78, 5) is 23.4. The number of aliphatic hydroxyl groups excluding tert-OH is 1. The summed E-state index contributed by atoms with van der Waals surface area (Å²) in [6, 6.07) is 19.3. The number of nitrogens with one attached hydrogen (secondary N) is 1. The smallest absolute Gasteiger partial charge is 0.340 e. The first-order valence-electron chi connectivity index (χ1n) is 17.5. The first kappa shape index (κ1) is 34.6. The van der Waals surface area contributed by atoms with E-state index in [1.54, 1.807) is 22.8 Å². The number of anilines is 3. The molecule has 0 radical (unpaired) electrons. The minimum Gasteiger partial charge on any atom is -0.493 e. The molecule has 4 aromatic rings. The quantitative estimate of drug-likeness (QED) is 0.216. The van der Waals surface area contributed by atoms with E-state index in [-0.39, 0.29) is 24.5 Å². The first-order chi connectivity index (χ1) is 24.7. The molecule has 14 heteroatoms. The van der Waals surface area contributed by atoms with Gasteiger partial charge in [0.2, 0.25) is 0 Å². The summed E-state index contributed by atoms with van der Waals surface area (Å²) < 4.78 is 42.7. The molecule has 2 N–H and O–H groups in total. The van der Waals surface area contributed by atoms with E-state index in [4.69, 9.17) is 9.47 Å². The average Bonchev–Trinajstić information content (AvgIpc) is 3.90. The number of rotatable bonds is 12. The molecule has 0 unspecified atom stereocenters. The van der Waals surface area contributed by atoms with Crippen LogP contribution in [0.1, 0.15) is 32.3 Å². The van der Waals surface area contributed by atoms with Crippen LogP contribution in [0.4, 0.5) is 30.6 Å². The van der Waals surface area contributed by atoms with Gasteiger partial charge >= 0.3 is 6.03 Å². The van der Waals surface area contributed by atoms with Crippen LogP contribution >= 0.6 is 0 Å². The van der Waals surface area contributed by atoms with Gasteiger partial charge in [-0.3, -0.25) is 9.91 Å². The molecule has 0 spiro atoms. The fourth-order valence-electron chi connectivity index (χ4n) is 7.43. The molecule has 3 saturated heterocycles.